The number of carbonyl (C=O) groups excluding carboxylic acids is 1. The second-order valence-corrected chi connectivity index (χ2v) is 7.97. The van der Waals surface area contributed by atoms with E-state index in [1.807, 2.05) is 0 Å². The van der Waals surface area contributed by atoms with Crippen molar-refractivity contribution in [2.45, 2.75) is 50.4 Å². The second-order valence-electron chi connectivity index (χ2n) is 7.97. The summed E-state index contributed by atoms with van der Waals surface area (Å²) in [5.74, 6) is -1.05. The van der Waals surface area contributed by atoms with Crippen molar-refractivity contribution >= 4 is 5.91 Å². The van der Waals surface area contributed by atoms with Crippen molar-refractivity contribution in [1.82, 2.24) is 15.3 Å². The van der Waals surface area contributed by atoms with Crippen LogP contribution in [0.5, 0.6) is 0 Å². The lowest BCUT2D eigenvalue weighted by molar-refractivity contribution is -0.0661. The highest BCUT2D eigenvalue weighted by Gasteiger charge is 2.51. The molecule has 0 aromatic heterocycles. The van der Waals surface area contributed by atoms with Gasteiger partial charge in [0, 0.05) is 37.3 Å². The van der Waals surface area contributed by atoms with E-state index in [-0.39, 0.29) is 23.0 Å². The van der Waals surface area contributed by atoms with Crippen LogP contribution in [0.3, 0.4) is 0 Å². The minimum absolute atomic E-state index is 0.136. The Morgan fingerprint density at radius 2 is 2.31 bits per heavy atom. The van der Waals surface area contributed by atoms with Crippen molar-refractivity contribution in [2.75, 3.05) is 26.7 Å². The van der Waals surface area contributed by atoms with Crippen molar-refractivity contribution in [3.8, 4) is 0 Å². The molecule has 1 aromatic rings. The summed E-state index contributed by atoms with van der Waals surface area (Å²) in [5, 5.41) is 8.85. The summed E-state index contributed by atoms with van der Waals surface area (Å²) in [5.41, 5.74) is 3.11. The largest absolute Gasteiger partial charge is 0.371 e. The molecule has 3 atom stereocenters. The minimum atomic E-state index is -0.686. The van der Waals surface area contributed by atoms with Crippen LogP contribution >= 0.6 is 0 Å². The quantitative estimate of drug-likeness (QED) is 0.628. The van der Waals surface area contributed by atoms with Gasteiger partial charge in [-0.05, 0) is 49.6 Å². The molecule has 0 radical (unpaired) electrons. The van der Waals surface area contributed by atoms with Crippen LogP contribution in [0, 0.1) is 5.82 Å². The number of fused-ring (bicyclic) bond motifs is 3. The summed E-state index contributed by atoms with van der Waals surface area (Å²) in [6.45, 7) is 5.26. The minimum Gasteiger partial charge on any atom is -0.371 e. The van der Waals surface area contributed by atoms with Gasteiger partial charge in [-0.1, -0.05) is 6.92 Å². The molecule has 26 heavy (non-hydrogen) atoms. The molecule has 3 aliphatic heterocycles. The average Bonchev–Trinajstić information content (AvgIpc) is 3.17. The number of amides is 1. The Labute approximate surface area is 152 Å². The Kier molecular flexibility index (Phi) is 4.51. The van der Waals surface area contributed by atoms with Crippen LogP contribution in [0.4, 0.5) is 4.39 Å². The smallest absolute Gasteiger partial charge is 0.274 e. The van der Waals surface area contributed by atoms with Crippen LogP contribution < -0.4 is 5.48 Å². The van der Waals surface area contributed by atoms with Crippen LogP contribution in [0.15, 0.2) is 12.1 Å². The van der Waals surface area contributed by atoms with E-state index in [0.29, 0.717) is 24.6 Å². The molecular formula is C19H26FN3O3. The zero-order valence-electron chi connectivity index (χ0n) is 15.3. The number of carbonyl (C=O) groups is 1. The molecule has 2 bridgehead atoms. The van der Waals surface area contributed by atoms with E-state index < -0.39 is 5.91 Å². The molecule has 0 spiro atoms. The number of nitrogens with one attached hydrogen (secondary N) is 1. The lowest BCUT2D eigenvalue weighted by Gasteiger charge is -2.42. The third-order valence-corrected chi connectivity index (χ3v) is 6.29. The third-order valence-electron chi connectivity index (χ3n) is 6.29. The molecule has 3 aliphatic rings. The highest BCUT2D eigenvalue weighted by atomic mass is 19.1. The van der Waals surface area contributed by atoms with E-state index in [0.717, 1.165) is 38.1 Å². The summed E-state index contributed by atoms with van der Waals surface area (Å²) in [4.78, 5) is 16.4. The summed E-state index contributed by atoms with van der Waals surface area (Å²) < 4.78 is 20.7. The first kappa shape index (κ1) is 17.9. The molecule has 3 heterocycles. The molecule has 1 aromatic carbocycles. The lowest BCUT2D eigenvalue weighted by atomic mass is 9.89. The SMILES string of the molecule is CC[C@@H]1Cc2c(F)cc(C(=O)NO)cc2CN1C[C@]12C[C@H](CO1)N(C)C2. The fourth-order valence-electron chi connectivity index (χ4n) is 4.89. The van der Waals surface area contributed by atoms with Gasteiger partial charge >= 0.3 is 0 Å². The number of hydrogen-bond acceptors (Lipinski definition) is 5. The standard InChI is InChI=1S/C19H26FN3O3/c1-3-14-6-16-13(4-12(5-17(16)20)18(24)21-25)8-23(14)11-19-7-15(9-26-19)22(2)10-19/h4-5,14-15,25H,3,6-11H2,1-2H3,(H,21,24)/t14-,15-,19-/m1/s1. The molecule has 0 saturated carbocycles. The van der Waals surface area contributed by atoms with Crippen molar-refractivity contribution in [1.29, 1.82) is 0 Å². The monoisotopic (exact) mass is 363 g/mol. The van der Waals surface area contributed by atoms with Gasteiger partial charge in [-0.15, -0.1) is 0 Å². The van der Waals surface area contributed by atoms with E-state index >= 15 is 0 Å². The normalized spacial score (nSPS) is 31.2. The second kappa shape index (κ2) is 6.56. The summed E-state index contributed by atoms with van der Waals surface area (Å²) in [6.07, 6.45) is 2.62. The molecule has 0 aliphatic carbocycles. The van der Waals surface area contributed by atoms with Crippen LogP contribution in [0.2, 0.25) is 0 Å². The Morgan fingerprint density at radius 1 is 1.50 bits per heavy atom. The topological polar surface area (TPSA) is 65.0 Å². The van der Waals surface area contributed by atoms with E-state index in [4.69, 9.17) is 9.94 Å². The first-order chi connectivity index (χ1) is 12.4. The van der Waals surface area contributed by atoms with E-state index in [9.17, 15) is 9.18 Å². The first-order valence-corrected chi connectivity index (χ1v) is 9.28. The van der Waals surface area contributed by atoms with Crippen molar-refractivity contribution in [2.24, 2.45) is 0 Å². The average molecular weight is 363 g/mol. The van der Waals surface area contributed by atoms with Crippen LogP contribution in [-0.2, 0) is 17.7 Å². The van der Waals surface area contributed by atoms with Gasteiger partial charge in [-0.25, -0.2) is 9.87 Å². The van der Waals surface area contributed by atoms with Gasteiger partial charge in [-0.2, -0.15) is 0 Å². The Bertz CT molecular complexity index is 724. The van der Waals surface area contributed by atoms with Gasteiger partial charge < -0.3 is 4.74 Å². The number of ether oxygens (including phenoxy) is 1. The van der Waals surface area contributed by atoms with Gasteiger partial charge in [0.05, 0.1) is 12.2 Å². The number of likely N-dealkylation sites (tertiary alicyclic amines) is 1. The number of halogens is 1. The molecular weight excluding hydrogens is 337 g/mol. The molecule has 2 N–H and O–H groups in total. The zero-order chi connectivity index (χ0) is 18.5. The predicted octanol–water partition coefficient (Wildman–Crippen LogP) is 1.55. The highest BCUT2D eigenvalue weighted by Crippen LogP contribution is 2.39. The van der Waals surface area contributed by atoms with Gasteiger partial charge in [0.1, 0.15) is 5.82 Å². The number of morpholine rings is 1. The van der Waals surface area contributed by atoms with Crippen molar-refractivity contribution in [3.05, 3.63) is 34.6 Å². The lowest BCUT2D eigenvalue weighted by Crippen LogP contribution is -2.52. The van der Waals surface area contributed by atoms with Gasteiger partial charge in [0.2, 0.25) is 0 Å². The van der Waals surface area contributed by atoms with E-state index in [1.165, 1.54) is 6.07 Å². The van der Waals surface area contributed by atoms with Crippen molar-refractivity contribution in [3.63, 3.8) is 0 Å². The summed E-state index contributed by atoms with van der Waals surface area (Å²) in [7, 11) is 2.15. The summed E-state index contributed by atoms with van der Waals surface area (Å²) >= 11 is 0. The fraction of sp³-hybridized carbons (Fsp3) is 0.632. The number of nitrogens with zero attached hydrogens (tertiary/aromatic N) is 2. The van der Waals surface area contributed by atoms with Crippen LogP contribution in [0.25, 0.3) is 0 Å². The van der Waals surface area contributed by atoms with Crippen molar-refractivity contribution < 1.29 is 19.1 Å². The molecule has 7 heteroatoms. The van der Waals surface area contributed by atoms with Crippen LogP contribution in [0.1, 0.15) is 41.3 Å². The number of rotatable bonds is 4. The van der Waals surface area contributed by atoms with Crippen LogP contribution in [-0.4, -0.2) is 65.3 Å². The van der Waals surface area contributed by atoms with E-state index in [1.54, 1.807) is 11.5 Å². The maximum absolute atomic E-state index is 14.6. The summed E-state index contributed by atoms with van der Waals surface area (Å²) in [6, 6.07) is 3.67. The molecule has 2 saturated heterocycles. The maximum Gasteiger partial charge on any atom is 0.274 e. The number of hydrogen-bond donors (Lipinski definition) is 2. The molecule has 1 amide bonds. The fourth-order valence-corrected chi connectivity index (χ4v) is 4.89. The Balaban J connectivity index is 1.60. The number of hydroxylamine groups is 1. The van der Waals surface area contributed by atoms with Gasteiger partial charge in [0.15, 0.2) is 0 Å². The predicted molar refractivity (Wildman–Crippen MR) is 93.6 cm³/mol. The number of benzene rings is 1. The molecule has 4 rings (SSSR count). The molecule has 2 fully saturated rings. The molecule has 6 nitrogen and oxygen atoms in total. The molecule has 142 valence electrons. The molecule has 0 unspecified atom stereocenters. The van der Waals surface area contributed by atoms with Gasteiger partial charge in [-0.3, -0.25) is 19.8 Å². The third kappa shape index (κ3) is 2.93. The first-order valence-electron chi connectivity index (χ1n) is 9.28. The Hall–Kier alpha value is -1.54. The number of likely N-dealkylation sites (N-methyl/N-ethyl adjacent to an activating group) is 1. The Morgan fingerprint density at radius 3 is 2.92 bits per heavy atom. The highest BCUT2D eigenvalue weighted by molar-refractivity contribution is 5.93. The van der Waals surface area contributed by atoms with E-state index in [2.05, 4.69) is 23.8 Å². The zero-order valence-corrected chi connectivity index (χ0v) is 15.3. The maximum atomic E-state index is 14.6. The van der Waals surface area contributed by atoms with Gasteiger partial charge in [0.25, 0.3) is 5.91 Å².